The highest BCUT2D eigenvalue weighted by molar-refractivity contribution is 5.75. The molecule has 7 nitrogen and oxygen atoms in total. The minimum absolute atomic E-state index is 0.122. The van der Waals surface area contributed by atoms with E-state index in [9.17, 15) is 4.79 Å². The molecular formula is C10H13N5O2. The first kappa shape index (κ1) is 11.2. The predicted octanol–water partition coefficient (Wildman–Crippen LogP) is 0.0781. The Labute approximate surface area is 97.6 Å². The molecule has 3 N–H and O–H groups in total. The maximum atomic E-state index is 11.5. The molecule has 0 spiro atoms. The second-order valence-electron chi connectivity index (χ2n) is 3.58. The number of aryl methyl sites for hydroxylation is 1. The number of carbonyl (C=O) groups is 1. The second-order valence-corrected chi connectivity index (χ2v) is 3.58. The molecule has 0 aliphatic carbocycles. The van der Waals surface area contributed by atoms with Crippen molar-refractivity contribution in [3.63, 3.8) is 0 Å². The fourth-order valence-electron chi connectivity index (χ4n) is 1.33. The van der Waals surface area contributed by atoms with Gasteiger partial charge in [0, 0.05) is 6.20 Å². The minimum atomic E-state index is -0.177. The van der Waals surface area contributed by atoms with Crippen molar-refractivity contribution in [2.24, 2.45) is 0 Å². The third-order valence-corrected chi connectivity index (χ3v) is 2.07. The van der Waals surface area contributed by atoms with Gasteiger partial charge in [0.1, 0.15) is 18.1 Å². The smallest absolute Gasteiger partial charge is 0.242 e. The summed E-state index contributed by atoms with van der Waals surface area (Å²) in [4.78, 5) is 15.5. The molecule has 0 saturated carbocycles. The standard InChI is InChI=1S/C10H13N5O2/c1-7-4-13-10(17-7)5-12-9(16)6-15-3-2-8(11)14-15/h2-4H,5-6H2,1H3,(H2,11,14)(H,12,16). The Kier molecular flexibility index (Phi) is 3.08. The third-order valence-electron chi connectivity index (χ3n) is 2.07. The molecule has 0 aromatic carbocycles. The molecule has 0 saturated heterocycles. The summed E-state index contributed by atoms with van der Waals surface area (Å²) >= 11 is 0. The van der Waals surface area contributed by atoms with Crippen LogP contribution in [0.5, 0.6) is 0 Å². The normalized spacial score (nSPS) is 10.4. The number of hydrogen-bond donors (Lipinski definition) is 2. The van der Waals surface area contributed by atoms with Gasteiger partial charge >= 0.3 is 0 Å². The van der Waals surface area contributed by atoms with Crippen LogP contribution in [0.2, 0.25) is 0 Å². The van der Waals surface area contributed by atoms with E-state index in [0.717, 1.165) is 0 Å². The Morgan fingerprint density at radius 3 is 3.06 bits per heavy atom. The van der Waals surface area contributed by atoms with Crippen molar-refractivity contribution in [2.45, 2.75) is 20.0 Å². The molecule has 0 aliphatic rings. The monoisotopic (exact) mass is 235 g/mol. The molecule has 0 aliphatic heterocycles. The van der Waals surface area contributed by atoms with Crippen molar-refractivity contribution in [3.05, 3.63) is 30.1 Å². The number of nitrogens with one attached hydrogen (secondary N) is 1. The second kappa shape index (κ2) is 4.69. The van der Waals surface area contributed by atoms with E-state index in [2.05, 4.69) is 15.4 Å². The fourth-order valence-corrected chi connectivity index (χ4v) is 1.33. The quantitative estimate of drug-likeness (QED) is 0.781. The fraction of sp³-hybridized carbons (Fsp3) is 0.300. The van der Waals surface area contributed by atoms with Gasteiger partial charge in [0.2, 0.25) is 11.8 Å². The largest absolute Gasteiger partial charge is 0.444 e. The zero-order valence-electron chi connectivity index (χ0n) is 9.38. The Hall–Kier alpha value is -2.31. The topological polar surface area (TPSA) is 99.0 Å². The lowest BCUT2D eigenvalue weighted by Gasteiger charge is -2.02. The molecule has 2 aromatic heterocycles. The maximum Gasteiger partial charge on any atom is 0.242 e. The van der Waals surface area contributed by atoms with E-state index < -0.39 is 0 Å². The Balaban J connectivity index is 1.82. The van der Waals surface area contributed by atoms with Crippen molar-refractivity contribution >= 4 is 11.7 Å². The number of nitrogens with two attached hydrogens (primary N) is 1. The van der Waals surface area contributed by atoms with E-state index in [4.69, 9.17) is 10.2 Å². The molecular weight excluding hydrogens is 222 g/mol. The van der Waals surface area contributed by atoms with Crippen LogP contribution < -0.4 is 11.1 Å². The number of nitrogens with zero attached hydrogens (tertiary/aromatic N) is 3. The zero-order valence-corrected chi connectivity index (χ0v) is 9.38. The molecule has 1 amide bonds. The third kappa shape index (κ3) is 3.07. The summed E-state index contributed by atoms with van der Waals surface area (Å²) in [5.74, 6) is 1.41. The number of hydrogen-bond acceptors (Lipinski definition) is 5. The highest BCUT2D eigenvalue weighted by Gasteiger charge is 2.06. The molecule has 0 bridgehead atoms. The van der Waals surface area contributed by atoms with Crippen LogP contribution in [0.25, 0.3) is 0 Å². The number of aromatic nitrogens is 3. The summed E-state index contributed by atoms with van der Waals surface area (Å²) in [6, 6.07) is 1.63. The van der Waals surface area contributed by atoms with Gasteiger partial charge in [-0.05, 0) is 13.0 Å². The Bertz CT molecular complexity index is 516. The van der Waals surface area contributed by atoms with Gasteiger partial charge in [-0.25, -0.2) is 4.98 Å². The number of oxazole rings is 1. The molecule has 17 heavy (non-hydrogen) atoms. The van der Waals surface area contributed by atoms with Crippen molar-refractivity contribution in [1.29, 1.82) is 0 Å². The van der Waals surface area contributed by atoms with Gasteiger partial charge in [-0.3, -0.25) is 9.48 Å². The van der Waals surface area contributed by atoms with Gasteiger partial charge in [-0.1, -0.05) is 0 Å². The molecule has 90 valence electrons. The van der Waals surface area contributed by atoms with Crippen molar-refractivity contribution in [1.82, 2.24) is 20.1 Å². The van der Waals surface area contributed by atoms with Crippen LogP contribution in [-0.4, -0.2) is 20.7 Å². The van der Waals surface area contributed by atoms with E-state index >= 15 is 0 Å². The summed E-state index contributed by atoms with van der Waals surface area (Å²) in [6.07, 6.45) is 3.25. The van der Waals surface area contributed by atoms with Crippen molar-refractivity contribution in [3.8, 4) is 0 Å². The molecule has 2 rings (SSSR count). The number of anilines is 1. The van der Waals surface area contributed by atoms with E-state index in [-0.39, 0.29) is 19.0 Å². The van der Waals surface area contributed by atoms with E-state index in [1.807, 2.05) is 0 Å². The molecule has 0 atom stereocenters. The van der Waals surface area contributed by atoms with Crippen LogP contribution in [0.1, 0.15) is 11.7 Å². The lowest BCUT2D eigenvalue weighted by molar-refractivity contribution is -0.122. The number of nitrogen functional groups attached to an aromatic ring is 1. The molecule has 2 aromatic rings. The number of amides is 1. The van der Waals surface area contributed by atoms with E-state index in [0.29, 0.717) is 17.5 Å². The first-order chi connectivity index (χ1) is 8.13. The average Bonchev–Trinajstić information content (AvgIpc) is 2.85. The summed E-state index contributed by atoms with van der Waals surface area (Å²) in [6.45, 7) is 2.19. The van der Waals surface area contributed by atoms with Gasteiger partial charge in [-0.2, -0.15) is 5.10 Å². The molecule has 0 unspecified atom stereocenters. The molecule has 2 heterocycles. The summed E-state index contributed by atoms with van der Waals surface area (Å²) in [5, 5.41) is 6.58. The summed E-state index contributed by atoms with van der Waals surface area (Å²) in [5.41, 5.74) is 5.43. The van der Waals surface area contributed by atoms with E-state index in [1.54, 1.807) is 25.4 Å². The predicted molar refractivity (Wildman–Crippen MR) is 59.7 cm³/mol. The van der Waals surface area contributed by atoms with Crippen molar-refractivity contribution in [2.75, 3.05) is 5.73 Å². The summed E-state index contributed by atoms with van der Waals surface area (Å²) < 4.78 is 6.68. The molecule has 0 radical (unpaired) electrons. The zero-order chi connectivity index (χ0) is 12.3. The molecule has 7 heteroatoms. The van der Waals surface area contributed by atoms with E-state index in [1.165, 1.54) is 4.68 Å². The Morgan fingerprint density at radius 2 is 2.47 bits per heavy atom. The average molecular weight is 235 g/mol. The summed E-state index contributed by atoms with van der Waals surface area (Å²) in [7, 11) is 0. The number of carbonyl (C=O) groups excluding carboxylic acids is 1. The first-order valence-corrected chi connectivity index (χ1v) is 5.10. The van der Waals surface area contributed by atoms with Crippen molar-refractivity contribution < 1.29 is 9.21 Å². The highest BCUT2D eigenvalue weighted by atomic mass is 16.4. The van der Waals surface area contributed by atoms with Gasteiger partial charge in [0.05, 0.1) is 12.7 Å². The highest BCUT2D eigenvalue weighted by Crippen LogP contribution is 2.00. The lowest BCUT2D eigenvalue weighted by atomic mass is 10.5. The van der Waals surface area contributed by atoms with Crippen LogP contribution in [-0.2, 0) is 17.9 Å². The molecule has 0 fully saturated rings. The van der Waals surface area contributed by atoms with Crippen LogP contribution >= 0.6 is 0 Å². The van der Waals surface area contributed by atoms with Crippen LogP contribution in [0.4, 0.5) is 5.82 Å². The maximum absolute atomic E-state index is 11.5. The van der Waals surface area contributed by atoms with Gasteiger partial charge in [0.25, 0.3) is 0 Å². The first-order valence-electron chi connectivity index (χ1n) is 5.10. The van der Waals surface area contributed by atoms with Gasteiger partial charge < -0.3 is 15.5 Å². The number of rotatable bonds is 4. The van der Waals surface area contributed by atoms with Crippen LogP contribution in [0.15, 0.2) is 22.9 Å². The van der Waals surface area contributed by atoms with Crippen LogP contribution in [0.3, 0.4) is 0 Å². The lowest BCUT2D eigenvalue weighted by Crippen LogP contribution is -2.27. The van der Waals surface area contributed by atoms with Gasteiger partial charge in [0.15, 0.2) is 0 Å². The van der Waals surface area contributed by atoms with Gasteiger partial charge in [-0.15, -0.1) is 0 Å². The SMILES string of the molecule is Cc1cnc(CNC(=O)Cn2ccc(N)n2)o1. The van der Waals surface area contributed by atoms with Crippen LogP contribution in [0, 0.1) is 6.92 Å². The minimum Gasteiger partial charge on any atom is -0.444 e. The Morgan fingerprint density at radius 1 is 1.65 bits per heavy atom.